The summed E-state index contributed by atoms with van der Waals surface area (Å²) in [6.45, 7) is 2.47. The molecule has 2 N–H and O–H groups in total. The minimum Gasteiger partial charge on any atom is -0.454 e. The van der Waals surface area contributed by atoms with Gasteiger partial charge in [0.25, 0.3) is 0 Å². The van der Waals surface area contributed by atoms with Gasteiger partial charge in [0.05, 0.1) is 0 Å². The maximum absolute atomic E-state index is 12.6. The van der Waals surface area contributed by atoms with Gasteiger partial charge in [0.1, 0.15) is 5.75 Å². The lowest BCUT2D eigenvalue weighted by Crippen LogP contribution is -2.37. The van der Waals surface area contributed by atoms with Crippen LogP contribution in [-0.2, 0) is 6.54 Å². The number of fused-ring (bicyclic) bond motifs is 1. The number of hydrogen-bond donors (Lipinski definition) is 2. The topological polar surface area (TPSA) is 64.1 Å². The molecule has 25 heavy (non-hydrogen) atoms. The van der Waals surface area contributed by atoms with Gasteiger partial charge in [0.2, 0.25) is 6.79 Å². The molecule has 1 heterocycles. The minimum absolute atomic E-state index is 0. The first-order valence-electron chi connectivity index (χ1n) is 7.81. The number of ether oxygens (including phenoxy) is 3. The summed E-state index contributed by atoms with van der Waals surface area (Å²) in [5.41, 5.74) is 0.534. The first kappa shape index (κ1) is 21.5. The third-order valence-electron chi connectivity index (χ3n) is 3.46. The van der Waals surface area contributed by atoms with Crippen molar-refractivity contribution in [3.63, 3.8) is 0 Å². The maximum atomic E-state index is 12.6. The Kier molecular flexibility index (Phi) is 9.01. The molecule has 0 unspecified atom stereocenters. The highest BCUT2D eigenvalue weighted by Gasteiger charge is 2.20. The predicted octanol–water partition coefficient (Wildman–Crippen LogP) is 3.35. The molecule has 0 atom stereocenters. The molecular formula is C16H24F2IN3O3. The van der Waals surface area contributed by atoms with Crippen molar-refractivity contribution >= 4 is 29.9 Å². The van der Waals surface area contributed by atoms with Crippen LogP contribution in [0.2, 0.25) is 0 Å². The van der Waals surface area contributed by atoms with Gasteiger partial charge in [0, 0.05) is 31.8 Å². The zero-order chi connectivity index (χ0) is 17.5. The van der Waals surface area contributed by atoms with E-state index in [1.165, 1.54) is 6.07 Å². The second-order valence-corrected chi connectivity index (χ2v) is 5.73. The van der Waals surface area contributed by atoms with Crippen molar-refractivity contribution in [3.8, 4) is 17.2 Å². The average Bonchev–Trinajstić information content (AvgIpc) is 2.96. The number of aliphatic imine (C=N–C) groups is 1. The van der Waals surface area contributed by atoms with Crippen LogP contribution in [0, 0.1) is 5.92 Å². The van der Waals surface area contributed by atoms with Crippen molar-refractivity contribution in [1.29, 1.82) is 0 Å². The Morgan fingerprint density at radius 3 is 2.52 bits per heavy atom. The third kappa shape index (κ3) is 6.71. The van der Waals surface area contributed by atoms with Crippen molar-refractivity contribution in [2.75, 3.05) is 20.4 Å². The molecule has 142 valence electrons. The standard InChI is InChI=1S/C16H23F2N3O3.HI/c1-10(2)4-5-20-16(19-3)21-8-11-6-13-14(23-9-22-13)7-12(11)24-15(17)18;/h6-7,10,15H,4-5,8-9H2,1-3H3,(H2,19,20,21);1H. The smallest absolute Gasteiger partial charge is 0.387 e. The van der Waals surface area contributed by atoms with E-state index in [0.717, 1.165) is 13.0 Å². The Balaban J connectivity index is 0.00000312. The lowest BCUT2D eigenvalue weighted by molar-refractivity contribution is -0.0505. The van der Waals surface area contributed by atoms with Crippen LogP contribution in [0.15, 0.2) is 17.1 Å². The normalized spacial score (nSPS) is 13.0. The van der Waals surface area contributed by atoms with Crippen molar-refractivity contribution in [1.82, 2.24) is 10.6 Å². The van der Waals surface area contributed by atoms with E-state index >= 15 is 0 Å². The van der Waals surface area contributed by atoms with Crippen LogP contribution in [0.5, 0.6) is 17.2 Å². The molecule has 0 amide bonds. The van der Waals surface area contributed by atoms with Crippen molar-refractivity contribution in [2.24, 2.45) is 10.9 Å². The number of benzene rings is 1. The fourth-order valence-electron chi connectivity index (χ4n) is 2.19. The lowest BCUT2D eigenvalue weighted by atomic mass is 10.1. The molecule has 0 saturated heterocycles. The fourth-order valence-corrected chi connectivity index (χ4v) is 2.19. The minimum atomic E-state index is -2.91. The van der Waals surface area contributed by atoms with Gasteiger partial charge >= 0.3 is 6.61 Å². The molecule has 1 aliphatic rings. The fraction of sp³-hybridized carbons (Fsp3) is 0.562. The highest BCUT2D eigenvalue weighted by atomic mass is 127. The predicted molar refractivity (Wildman–Crippen MR) is 102 cm³/mol. The van der Waals surface area contributed by atoms with Crippen LogP contribution in [0.4, 0.5) is 8.78 Å². The number of guanidine groups is 1. The molecule has 0 saturated carbocycles. The molecule has 1 aromatic rings. The molecule has 0 bridgehead atoms. The second kappa shape index (κ2) is 10.5. The number of rotatable bonds is 7. The summed E-state index contributed by atoms with van der Waals surface area (Å²) < 4.78 is 40.3. The number of alkyl halides is 2. The first-order chi connectivity index (χ1) is 11.5. The molecule has 1 aromatic carbocycles. The van der Waals surface area contributed by atoms with E-state index < -0.39 is 6.61 Å². The average molecular weight is 471 g/mol. The van der Waals surface area contributed by atoms with Gasteiger partial charge < -0.3 is 24.8 Å². The SMILES string of the molecule is CN=C(NCCC(C)C)NCc1cc2c(cc1OC(F)F)OCO2.I. The Labute approximate surface area is 163 Å². The molecule has 0 spiro atoms. The van der Waals surface area contributed by atoms with E-state index in [-0.39, 0.29) is 43.1 Å². The molecule has 0 aliphatic carbocycles. The number of nitrogens with zero attached hydrogens (tertiary/aromatic N) is 1. The summed E-state index contributed by atoms with van der Waals surface area (Å²) in [7, 11) is 1.65. The molecule has 0 aromatic heterocycles. The van der Waals surface area contributed by atoms with E-state index in [0.29, 0.717) is 28.9 Å². The van der Waals surface area contributed by atoms with Gasteiger partial charge in [-0.15, -0.1) is 24.0 Å². The van der Waals surface area contributed by atoms with Gasteiger partial charge in [-0.25, -0.2) is 0 Å². The molecule has 1 aliphatic heterocycles. The van der Waals surface area contributed by atoms with Gasteiger partial charge in [-0.2, -0.15) is 8.78 Å². The van der Waals surface area contributed by atoms with Crippen molar-refractivity contribution in [2.45, 2.75) is 33.4 Å². The van der Waals surface area contributed by atoms with Crippen molar-refractivity contribution < 1.29 is 23.0 Å². The summed E-state index contributed by atoms with van der Waals surface area (Å²) in [4.78, 5) is 4.11. The monoisotopic (exact) mass is 471 g/mol. The van der Waals surface area contributed by atoms with Crippen LogP contribution in [-0.4, -0.2) is 33.0 Å². The highest BCUT2D eigenvalue weighted by Crippen LogP contribution is 2.38. The first-order valence-corrected chi connectivity index (χ1v) is 7.81. The summed E-state index contributed by atoms with van der Waals surface area (Å²) >= 11 is 0. The van der Waals surface area contributed by atoms with E-state index in [1.54, 1.807) is 13.1 Å². The zero-order valence-corrected chi connectivity index (χ0v) is 16.8. The van der Waals surface area contributed by atoms with Gasteiger partial charge in [0.15, 0.2) is 17.5 Å². The molecular weight excluding hydrogens is 447 g/mol. The maximum Gasteiger partial charge on any atom is 0.387 e. The summed E-state index contributed by atoms with van der Waals surface area (Å²) in [5, 5.41) is 6.26. The Morgan fingerprint density at radius 2 is 1.92 bits per heavy atom. The highest BCUT2D eigenvalue weighted by molar-refractivity contribution is 14.0. The molecule has 0 radical (unpaired) electrons. The van der Waals surface area contributed by atoms with E-state index in [2.05, 4.69) is 34.2 Å². The van der Waals surface area contributed by atoms with Gasteiger partial charge in [-0.05, 0) is 18.4 Å². The summed E-state index contributed by atoms with van der Waals surface area (Å²) in [5.74, 6) is 2.14. The lowest BCUT2D eigenvalue weighted by Gasteiger charge is -2.15. The van der Waals surface area contributed by atoms with Crippen LogP contribution in [0.1, 0.15) is 25.8 Å². The van der Waals surface area contributed by atoms with Crippen LogP contribution >= 0.6 is 24.0 Å². The Hall–Kier alpha value is -1.52. The number of halogens is 3. The summed E-state index contributed by atoms with van der Waals surface area (Å²) in [6, 6.07) is 3.05. The van der Waals surface area contributed by atoms with Crippen molar-refractivity contribution in [3.05, 3.63) is 17.7 Å². The molecule has 9 heteroatoms. The van der Waals surface area contributed by atoms with Crippen LogP contribution < -0.4 is 24.8 Å². The quantitative estimate of drug-likeness (QED) is 0.363. The third-order valence-corrected chi connectivity index (χ3v) is 3.46. The number of hydrogen-bond acceptors (Lipinski definition) is 4. The van der Waals surface area contributed by atoms with E-state index in [4.69, 9.17) is 9.47 Å². The van der Waals surface area contributed by atoms with E-state index in [1.807, 2.05) is 0 Å². The summed E-state index contributed by atoms with van der Waals surface area (Å²) in [6.07, 6.45) is 1.00. The largest absolute Gasteiger partial charge is 0.454 e. The van der Waals surface area contributed by atoms with E-state index in [9.17, 15) is 8.78 Å². The zero-order valence-electron chi connectivity index (χ0n) is 14.5. The molecule has 2 rings (SSSR count). The van der Waals surface area contributed by atoms with Crippen LogP contribution in [0.3, 0.4) is 0 Å². The van der Waals surface area contributed by atoms with Gasteiger partial charge in [-0.3, -0.25) is 4.99 Å². The Bertz CT molecular complexity index is 586. The molecule has 6 nitrogen and oxygen atoms in total. The second-order valence-electron chi connectivity index (χ2n) is 5.73. The molecule has 0 fully saturated rings. The van der Waals surface area contributed by atoms with Crippen LogP contribution in [0.25, 0.3) is 0 Å². The van der Waals surface area contributed by atoms with Gasteiger partial charge in [-0.1, -0.05) is 13.8 Å². The Morgan fingerprint density at radius 1 is 1.24 bits per heavy atom. The number of nitrogens with one attached hydrogen (secondary N) is 2.